The highest BCUT2D eigenvalue weighted by molar-refractivity contribution is 7.88. The molecule has 21 heavy (non-hydrogen) atoms. The molecule has 1 aliphatic heterocycles. The van der Waals surface area contributed by atoms with Crippen LogP contribution < -0.4 is 5.73 Å². The fourth-order valence-corrected chi connectivity index (χ4v) is 3.88. The Labute approximate surface area is 123 Å². The fraction of sp³-hybridized carbons (Fsp3) is 0.286. The van der Waals surface area contributed by atoms with Crippen LogP contribution in [-0.4, -0.2) is 22.7 Å². The summed E-state index contributed by atoms with van der Waals surface area (Å²) in [6.07, 6.45) is 1.60. The molecule has 1 aliphatic rings. The van der Waals surface area contributed by atoms with Gasteiger partial charge in [-0.05, 0) is 12.5 Å². The molecule has 7 heteroatoms. The van der Waals surface area contributed by atoms with Gasteiger partial charge in [0.05, 0.1) is 18.0 Å². The Hall–Kier alpha value is -1.99. The van der Waals surface area contributed by atoms with Crippen LogP contribution in [0, 0.1) is 6.92 Å². The molecule has 2 N–H and O–H groups in total. The normalized spacial score (nSPS) is 15.1. The summed E-state index contributed by atoms with van der Waals surface area (Å²) in [6, 6.07) is 7.52. The monoisotopic (exact) mass is 304 g/mol. The molecule has 0 fully saturated rings. The molecule has 0 amide bonds. The van der Waals surface area contributed by atoms with E-state index < -0.39 is 10.0 Å². The minimum atomic E-state index is -3.39. The minimum absolute atomic E-state index is 0.00835. The third-order valence-electron chi connectivity index (χ3n) is 3.47. The van der Waals surface area contributed by atoms with E-state index in [4.69, 9.17) is 5.73 Å². The van der Waals surface area contributed by atoms with Crippen molar-refractivity contribution in [2.24, 2.45) is 0 Å². The highest BCUT2D eigenvalue weighted by Crippen LogP contribution is 2.25. The summed E-state index contributed by atoms with van der Waals surface area (Å²) < 4.78 is 26.5. The molecule has 0 radical (unpaired) electrons. The van der Waals surface area contributed by atoms with Crippen LogP contribution in [0.15, 0.2) is 30.5 Å². The molecule has 1 aromatic carbocycles. The van der Waals surface area contributed by atoms with E-state index in [9.17, 15) is 8.42 Å². The lowest BCUT2D eigenvalue weighted by Gasteiger charge is -2.15. The van der Waals surface area contributed by atoms with Crippen LogP contribution in [0.25, 0.3) is 0 Å². The lowest BCUT2D eigenvalue weighted by molar-refractivity contribution is 0.429. The number of fused-ring (bicyclic) bond motifs is 1. The average molecular weight is 304 g/mol. The molecule has 0 saturated carbocycles. The number of nitrogens with two attached hydrogens (primary N) is 1. The number of benzene rings is 1. The van der Waals surface area contributed by atoms with Gasteiger partial charge in [0, 0.05) is 18.3 Å². The van der Waals surface area contributed by atoms with Crippen molar-refractivity contribution in [3.05, 3.63) is 52.8 Å². The Kier molecular flexibility index (Phi) is 3.38. The molecule has 2 aromatic rings. The number of nitrogen functional groups attached to an aromatic ring is 1. The highest BCUT2D eigenvalue weighted by Gasteiger charge is 2.30. The highest BCUT2D eigenvalue weighted by atomic mass is 32.2. The molecule has 0 bridgehead atoms. The number of hydrogen-bond donors (Lipinski definition) is 1. The van der Waals surface area contributed by atoms with Gasteiger partial charge in [0.2, 0.25) is 16.0 Å². The Morgan fingerprint density at radius 1 is 1.33 bits per heavy atom. The number of rotatable bonds is 3. The third-order valence-corrected chi connectivity index (χ3v) is 5.21. The van der Waals surface area contributed by atoms with Crippen molar-refractivity contribution >= 4 is 16.0 Å². The smallest absolute Gasteiger partial charge is 0.220 e. The number of nitrogens with zero attached hydrogens (tertiary/aromatic N) is 3. The second-order valence-electron chi connectivity index (χ2n) is 5.21. The first kappa shape index (κ1) is 14.0. The van der Waals surface area contributed by atoms with E-state index in [-0.39, 0.29) is 18.2 Å². The van der Waals surface area contributed by atoms with Gasteiger partial charge >= 0.3 is 0 Å². The van der Waals surface area contributed by atoms with E-state index in [0.29, 0.717) is 12.2 Å². The molecular weight excluding hydrogens is 288 g/mol. The van der Waals surface area contributed by atoms with Gasteiger partial charge in [-0.25, -0.2) is 18.4 Å². The van der Waals surface area contributed by atoms with Gasteiger partial charge in [-0.15, -0.1) is 0 Å². The summed E-state index contributed by atoms with van der Waals surface area (Å²) in [7, 11) is -3.39. The summed E-state index contributed by atoms with van der Waals surface area (Å²) in [5, 5.41) is 0. The molecule has 6 nitrogen and oxygen atoms in total. The molecule has 3 rings (SSSR count). The zero-order valence-electron chi connectivity index (χ0n) is 11.7. The van der Waals surface area contributed by atoms with Crippen molar-refractivity contribution in [2.75, 3.05) is 5.73 Å². The largest absolute Gasteiger partial charge is 0.368 e. The molecular formula is C14H16N4O2S. The van der Waals surface area contributed by atoms with E-state index in [0.717, 1.165) is 16.7 Å². The molecule has 0 spiro atoms. The molecule has 0 saturated heterocycles. The van der Waals surface area contributed by atoms with Crippen LogP contribution in [0.2, 0.25) is 0 Å². The van der Waals surface area contributed by atoms with Crippen LogP contribution in [0.4, 0.5) is 5.95 Å². The van der Waals surface area contributed by atoms with Crippen molar-refractivity contribution < 1.29 is 8.42 Å². The van der Waals surface area contributed by atoms with Crippen molar-refractivity contribution in [1.29, 1.82) is 0 Å². The summed E-state index contributed by atoms with van der Waals surface area (Å²) in [4.78, 5) is 8.01. The van der Waals surface area contributed by atoms with Gasteiger partial charge in [-0.2, -0.15) is 4.31 Å². The van der Waals surface area contributed by atoms with Crippen LogP contribution in [0.1, 0.15) is 22.4 Å². The maximum Gasteiger partial charge on any atom is 0.220 e. The van der Waals surface area contributed by atoms with Gasteiger partial charge in [0.15, 0.2) is 0 Å². The van der Waals surface area contributed by atoms with Crippen molar-refractivity contribution in [3.63, 3.8) is 0 Å². The first-order chi connectivity index (χ1) is 9.94. The Balaban J connectivity index is 1.81. The molecule has 1 aromatic heterocycles. The second-order valence-corrected chi connectivity index (χ2v) is 7.18. The van der Waals surface area contributed by atoms with Crippen molar-refractivity contribution in [2.45, 2.75) is 25.8 Å². The Bertz CT molecular complexity index is 789. The second kappa shape index (κ2) is 5.09. The van der Waals surface area contributed by atoms with E-state index in [1.54, 1.807) is 6.20 Å². The summed E-state index contributed by atoms with van der Waals surface area (Å²) >= 11 is 0. The van der Waals surface area contributed by atoms with Crippen LogP contribution in [0.3, 0.4) is 0 Å². The van der Waals surface area contributed by atoms with Gasteiger partial charge in [0.1, 0.15) is 0 Å². The Morgan fingerprint density at radius 2 is 2.14 bits per heavy atom. The zero-order valence-corrected chi connectivity index (χ0v) is 12.5. The third kappa shape index (κ3) is 2.88. The van der Waals surface area contributed by atoms with Crippen LogP contribution in [-0.2, 0) is 28.9 Å². The number of aromatic nitrogens is 2. The quantitative estimate of drug-likeness (QED) is 0.920. The van der Waals surface area contributed by atoms with Gasteiger partial charge in [-0.1, -0.05) is 29.8 Å². The SMILES string of the molecule is Cc1cccc(CS(=O)(=O)N2Cc3cnc(N)nc3C2)c1. The number of aryl methyl sites for hydroxylation is 1. The van der Waals surface area contributed by atoms with Crippen LogP contribution >= 0.6 is 0 Å². The maximum atomic E-state index is 12.5. The summed E-state index contributed by atoms with van der Waals surface area (Å²) in [6.45, 7) is 2.51. The summed E-state index contributed by atoms with van der Waals surface area (Å²) in [5.41, 5.74) is 8.88. The molecule has 0 unspecified atom stereocenters. The first-order valence-electron chi connectivity index (χ1n) is 6.58. The average Bonchev–Trinajstić information content (AvgIpc) is 2.82. The maximum absolute atomic E-state index is 12.5. The van der Waals surface area contributed by atoms with Gasteiger partial charge < -0.3 is 5.73 Å². The predicted octanol–water partition coefficient (Wildman–Crippen LogP) is 1.21. The Morgan fingerprint density at radius 3 is 2.90 bits per heavy atom. The number of sulfonamides is 1. The van der Waals surface area contributed by atoms with E-state index in [2.05, 4.69) is 9.97 Å². The zero-order chi connectivity index (χ0) is 15.0. The number of anilines is 1. The fourth-order valence-electron chi connectivity index (χ4n) is 2.44. The van der Waals surface area contributed by atoms with E-state index >= 15 is 0 Å². The van der Waals surface area contributed by atoms with Crippen molar-refractivity contribution in [1.82, 2.24) is 14.3 Å². The predicted molar refractivity (Wildman–Crippen MR) is 79.5 cm³/mol. The topological polar surface area (TPSA) is 89.2 Å². The number of hydrogen-bond acceptors (Lipinski definition) is 5. The summed E-state index contributed by atoms with van der Waals surface area (Å²) in [5.74, 6) is 0.164. The molecule has 2 heterocycles. The minimum Gasteiger partial charge on any atom is -0.368 e. The van der Waals surface area contributed by atoms with Crippen molar-refractivity contribution in [3.8, 4) is 0 Å². The van der Waals surface area contributed by atoms with Gasteiger partial charge in [-0.3, -0.25) is 0 Å². The molecule has 0 atom stereocenters. The first-order valence-corrected chi connectivity index (χ1v) is 8.18. The molecule has 110 valence electrons. The van der Waals surface area contributed by atoms with E-state index in [1.165, 1.54) is 4.31 Å². The standard InChI is InChI=1S/C14H16N4O2S/c1-10-3-2-4-11(5-10)9-21(19,20)18-7-12-6-16-14(15)17-13(12)8-18/h2-6H,7-9H2,1H3,(H2,15,16,17). The molecule has 0 aliphatic carbocycles. The van der Waals surface area contributed by atoms with Gasteiger partial charge in [0.25, 0.3) is 0 Å². The van der Waals surface area contributed by atoms with Crippen LogP contribution in [0.5, 0.6) is 0 Å². The lowest BCUT2D eigenvalue weighted by atomic mass is 10.2. The van der Waals surface area contributed by atoms with E-state index in [1.807, 2.05) is 31.2 Å². The lowest BCUT2D eigenvalue weighted by Crippen LogP contribution is -2.27.